The topological polar surface area (TPSA) is 64.7 Å². The molecule has 0 spiro atoms. The Kier molecular flexibility index (Phi) is 2.67. The molecule has 0 unspecified atom stereocenters. The molecule has 96 valence electrons. The number of aryl methyl sites for hydroxylation is 2. The van der Waals surface area contributed by atoms with E-state index in [2.05, 4.69) is 9.98 Å². The monoisotopic (exact) mass is 256 g/mol. The Morgan fingerprint density at radius 2 is 2.00 bits per heavy atom. The first-order chi connectivity index (χ1) is 9.13. The summed E-state index contributed by atoms with van der Waals surface area (Å²) in [4.78, 5) is 20.1. The Bertz CT molecular complexity index is 650. The lowest BCUT2D eigenvalue weighted by Gasteiger charge is -1.95. The Labute approximate surface area is 110 Å². The predicted molar refractivity (Wildman–Crippen MR) is 68.5 cm³/mol. The quantitative estimate of drug-likeness (QED) is 0.601. The number of ether oxygens (including phenoxy) is 1. The first kappa shape index (κ1) is 11.6. The molecule has 1 aliphatic carbocycles. The molecule has 0 bridgehead atoms. The zero-order chi connectivity index (χ0) is 13.4. The summed E-state index contributed by atoms with van der Waals surface area (Å²) in [6.07, 6.45) is 9.56. The van der Waals surface area contributed by atoms with Gasteiger partial charge in [0.25, 0.3) is 5.90 Å². The van der Waals surface area contributed by atoms with Crippen LogP contribution in [0.5, 0.6) is 0 Å². The molecule has 3 rings (SSSR count). The first-order valence-electron chi connectivity index (χ1n) is 5.95. The maximum atomic E-state index is 11.8. The van der Waals surface area contributed by atoms with Crippen molar-refractivity contribution in [2.45, 2.75) is 13.8 Å². The largest absolute Gasteiger partial charge is 0.445 e. The van der Waals surface area contributed by atoms with Crippen LogP contribution in [0.1, 0.15) is 17.3 Å². The van der Waals surface area contributed by atoms with Gasteiger partial charge in [0.15, 0.2) is 11.6 Å². The van der Waals surface area contributed by atoms with E-state index in [1.807, 2.05) is 24.3 Å². The Morgan fingerprint density at radius 3 is 2.63 bits per heavy atom. The molecular weight excluding hydrogens is 244 g/mol. The van der Waals surface area contributed by atoms with Gasteiger partial charge in [0, 0.05) is 12.8 Å². The second-order valence-corrected chi connectivity index (χ2v) is 4.34. The van der Waals surface area contributed by atoms with Crippen LogP contribution < -0.4 is 0 Å². The molecule has 2 heterocycles. The van der Waals surface area contributed by atoms with E-state index in [0.717, 1.165) is 0 Å². The number of cyclic esters (lactones) is 1. The van der Waals surface area contributed by atoms with Gasteiger partial charge in [0.2, 0.25) is 0 Å². The Hall–Kier alpha value is -2.43. The smallest absolute Gasteiger partial charge is 0.363 e. The van der Waals surface area contributed by atoms with Crippen molar-refractivity contribution in [2.75, 3.05) is 0 Å². The van der Waals surface area contributed by atoms with Gasteiger partial charge in [-0.1, -0.05) is 24.3 Å². The molecule has 5 nitrogen and oxygen atoms in total. The van der Waals surface area contributed by atoms with E-state index in [1.165, 1.54) is 0 Å². The van der Waals surface area contributed by atoms with E-state index < -0.39 is 5.97 Å². The average molecular weight is 256 g/mol. The molecule has 2 aliphatic rings. The molecule has 1 aromatic heterocycles. The average Bonchev–Trinajstić information content (AvgIpc) is 3.03. The molecule has 0 radical (unpaired) electrons. The number of allylic oxidation sites excluding steroid dienone is 5. The molecule has 0 aromatic carbocycles. The summed E-state index contributed by atoms with van der Waals surface area (Å²) in [6.45, 7) is 3.49. The van der Waals surface area contributed by atoms with Crippen LogP contribution in [-0.2, 0) is 9.53 Å². The zero-order valence-electron chi connectivity index (χ0n) is 10.6. The van der Waals surface area contributed by atoms with Crippen LogP contribution in [0, 0.1) is 19.8 Å². The van der Waals surface area contributed by atoms with Gasteiger partial charge in [-0.15, -0.1) is 0 Å². The lowest BCUT2D eigenvalue weighted by Crippen LogP contribution is -2.07. The third-order valence-corrected chi connectivity index (χ3v) is 2.85. The molecule has 19 heavy (non-hydrogen) atoms. The summed E-state index contributed by atoms with van der Waals surface area (Å²) in [7, 11) is 0. The van der Waals surface area contributed by atoms with E-state index in [9.17, 15) is 4.79 Å². The van der Waals surface area contributed by atoms with Crippen molar-refractivity contribution in [1.29, 1.82) is 0 Å². The molecule has 0 atom stereocenters. The second kappa shape index (κ2) is 4.35. The van der Waals surface area contributed by atoms with Gasteiger partial charge in [-0.3, -0.25) is 0 Å². The fraction of sp³-hybridized carbons (Fsp3) is 0.214. The Morgan fingerprint density at radius 1 is 1.26 bits per heavy atom. The Balaban J connectivity index is 1.93. The molecular formula is C14H12N2O3. The van der Waals surface area contributed by atoms with Crippen LogP contribution in [0.2, 0.25) is 0 Å². The van der Waals surface area contributed by atoms with E-state index in [-0.39, 0.29) is 11.8 Å². The van der Waals surface area contributed by atoms with Gasteiger partial charge in [0.1, 0.15) is 11.5 Å². The number of carbonyl (C=O) groups excluding carboxylic acids is 1. The fourth-order valence-electron chi connectivity index (χ4n) is 1.99. The van der Waals surface area contributed by atoms with Gasteiger partial charge in [0.05, 0.1) is 0 Å². The van der Waals surface area contributed by atoms with Gasteiger partial charge in [-0.05, 0) is 13.0 Å². The van der Waals surface area contributed by atoms with Crippen molar-refractivity contribution in [3.05, 3.63) is 53.4 Å². The standard InChI is InChI=1S/C14H12N2O3/c1-8-12(15-9(2)18-8)13-16-11(14(17)19-13)7-10-5-3-4-6-10/h3-7,10H,1-2H3/b11-7-. The highest BCUT2D eigenvalue weighted by atomic mass is 16.6. The molecule has 1 aliphatic heterocycles. The number of hydrogen-bond acceptors (Lipinski definition) is 5. The van der Waals surface area contributed by atoms with E-state index in [0.29, 0.717) is 23.0 Å². The number of esters is 1. The molecule has 0 N–H and O–H groups in total. The highest BCUT2D eigenvalue weighted by molar-refractivity contribution is 6.10. The minimum absolute atomic E-state index is 0.0887. The summed E-state index contributed by atoms with van der Waals surface area (Å²) in [5.41, 5.74) is 0.781. The minimum atomic E-state index is -0.455. The van der Waals surface area contributed by atoms with Crippen molar-refractivity contribution in [3.63, 3.8) is 0 Å². The first-order valence-corrected chi connectivity index (χ1v) is 5.95. The number of oxazole rings is 1. The van der Waals surface area contributed by atoms with Gasteiger partial charge >= 0.3 is 5.97 Å². The fourth-order valence-corrected chi connectivity index (χ4v) is 1.99. The van der Waals surface area contributed by atoms with Crippen LogP contribution in [0.4, 0.5) is 0 Å². The van der Waals surface area contributed by atoms with Gasteiger partial charge in [-0.2, -0.15) is 0 Å². The molecule has 0 saturated carbocycles. The van der Waals surface area contributed by atoms with Crippen LogP contribution in [0.25, 0.3) is 0 Å². The summed E-state index contributed by atoms with van der Waals surface area (Å²) in [5, 5.41) is 0. The lowest BCUT2D eigenvalue weighted by molar-refractivity contribution is -0.130. The number of nitrogens with zero attached hydrogens (tertiary/aromatic N) is 2. The lowest BCUT2D eigenvalue weighted by atomic mass is 10.1. The summed E-state index contributed by atoms with van der Waals surface area (Å²) in [6, 6.07) is 0. The number of carbonyl (C=O) groups is 1. The SMILES string of the molecule is Cc1nc(C2=N/C(=C\C3C=CC=C3)C(=O)O2)c(C)o1. The molecule has 0 amide bonds. The minimum Gasteiger partial charge on any atom is -0.445 e. The van der Waals surface area contributed by atoms with E-state index in [1.54, 1.807) is 19.9 Å². The van der Waals surface area contributed by atoms with E-state index in [4.69, 9.17) is 9.15 Å². The summed E-state index contributed by atoms with van der Waals surface area (Å²) < 4.78 is 10.4. The molecule has 5 heteroatoms. The van der Waals surface area contributed by atoms with Crippen molar-refractivity contribution >= 4 is 11.9 Å². The van der Waals surface area contributed by atoms with Crippen LogP contribution in [0.3, 0.4) is 0 Å². The third-order valence-electron chi connectivity index (χ3n) is 2.85. The van der Waals surface area contributed by atoms with Crippen LogP contribution in [-0.4, -0.2) is 16.9 Å². The van der Waals surface area contributed by atoms with E-state index >= 15 is 0 Å². The maximum Gasteiger partial charge on any atom is 0.363 e. The zero-order valence-corrected chi connectivity index (χ0v) is 10.6. The highest BCUT2D eigenvalue weighted by Gasteiger charge is 2.28. The van der Waals surface area contributed by atoms with Crippen LogP contribution in [0.15, 0.2) is 45.5 Å². The normalized spacial score (nSPS) is 20.4. The molecule has 0 fully saturated rings. The van der Waals surface area contributed by atoms with Crippen molar-refractivity contribution in [1.82, 2.24) is 4.98 Å². The number of aliphatic imine (C=N–C) groups is 1. The summed E-state index contributed by atoms with van der Waals surface area (Å²) >= 11 is 0. The predicted octanol–water partition coefficient (Wildman–Crippen LogP) is 2.22. The van der Waals surface area contributed by atoms with Crippen molar-refractivity contribution in [3.8, 4) is 0 Å². The highest BCUT2D eigenvalue weighted by Crippen LogP contribution is 2.21. The van der Waals surface area contributed by atoms with Gasteiger partial charge < -0.3 is 9.15 Å². The number of hydrogen-bond donors (Lipinski definition) is 0. The maximum absolute atomic E-state index is 11.8. The summed E-state index contributed by atoms with van der Waals surface area (Å²) in [5.74, 6) is 0.947. The number of aromatic nitrogens is 1. The second-order valence-electron chi connectivity index (χ2n) is 4.34. The van der Waals surface area contributed by atoms with Crippen molar-refractivity contribution < 1.29 is 13.9 Å². The molecule has 1 aromatic rings. The van der Waals surface area contributed by atoms with Crippen LogP contribution >= 0.6 is 0 Å². The molecule has 0 saturated heterocycles. The third kappa shape index (κ3) is 2.14. The van der Waals surface area contributed by atoms with Crippen molar-refractivity contribution in [2.24, 2.45) is 10.9 Å². The number of rotatable bonds is 2. The van der Waals surface area contributed by atoms with Gasteiger partial charge in [-0.25, -0.2) is 14.8 Å².